The van der Waals surface area contributed by atoms with Gasteiger partial charge in [-0.25, -0.2) is 13.1 Å². The summed E-state index contributed by atoms with van der Waals surface area (Å²) < 4.78 is 33.1. The SMILES string of the molecule is Nc1cc(Cl)c(Oc2ccc(O)c(S(=O)(=O)NC3CCC3)c2)c(Cl)c1. The number of phenols is 1. The number of aromatic hydroxyl groups is 1. The Bertz CT molecular complexity index is 891. The van der Waals surface area contributed by atoms with Crippen LogP contribution in [0.1, 0.15) is 19.3 Å². The van der Waals surface area contributed by atoms with Crippen LogP contribution < -0.4 is 15.2 Å². The van der Waals surface area contributed by atoms with Crippen LogP contribution in [0.15, 0.2) is 35.2 Å². The van der Waals surface area contributed by atoms with Crippen molar-refractivity contribution in [3.05, 3.63) is 40.4 Å². The number of hydrogen-bond acceptors (Lipinski definition) is 5. The fraction of sp³-hybridized carbons (Fsp3) is 0.250. The van der Waals surface area contributed by atoms with Gasteiger partial charge in [0.15, 0.2) is 5.75 Å². The molecule has 134 valence electrons. The number of ether oxygens (including phenoxy) is 1. The molecular weight excluding hydrogens is 387 g/mol. The minimum atomic E-state index is -3.86. The quantitative estimate of drug-likeness (QED) is 0.658. The second kappa shape index (κ2) is 6.92. The lowest BCUT2D eigenvalue weighted by atomic mass is 9.94. The molecule has 0 saturated heterocycles. The van der Waals surface area contributed by atoms with Crippen molar-refractivity contribution in [2.24, 2.45) is 0 Å². The molecule has 1 fully saturated rings. The maximum absolute atomic E-state index is 12.4. The average molecular weight is 403 g/mol. The first-order valence-corrected chi connectivity index (χ1v) is 9.78. The molecule has 2 aromatic rings. The summed E-state index contributed by atoms with van der Waals surface area (Å²) >= 11 is 12.1. The van der Waals surface area contributed by atoms with Crippen LogP contribution in [0.3, 0.4) is 0 Å². The van der Waals surface area contributed by atoms with Crippen molar-refractivity contribution in [2.45, 2.75) is 30.2 Å². The highest BCUT2D eigenvalue weighted by Crippen LogP contribution is 2.39. The number of phenolic OH excluding ortho intramolecular Hbond substituents is 1. The van der Waals surface area contributed by atoms with Gasteiger partial charge in [0, 0.05) is 17.8 Å². The van der Waals surface area contributed by atoms with Crippen LogP contribution in [0.25, 0.3) is 0 Å². The molecular formula is C16H16Cl2N2O4S. The van der Waals surface area contributed by atoms with Crippen molar-refractivity contribution in [1.82, 2.24) is 4.72 Å². The van der Waals surface area contributed by atoms with Gasteiger partial charge in [-0.2, -0.15) is 0 Å². The summed E-state index contributed by atoms with van der Waals surface area (Å²) in [4.78, 5) is -0.264. The summed E-state index contributed by atoms with van der Waals surface area (Å²) in [5.74, 6) is -0.0486. The van der Waals surface area contributed by atoms with Crippen LogP contribution in [-0.4, -0.2) is 19.6 Å². The average Bonchev–Trinajstić information content (AvgIpc) is 2.48. The Labute approximate surface area is 155 Å². The van der Waals surface area contributed by atoms with Crippen LogP contribution in [0.2, 0.25) is 10.0 Å². The lowest BCUT2D eigenvalue weighted by molar-refractivity contribution is 0.382. The summed E-state index contributed by atoms with van der Waals surface area (Å²) in [5.41, 5.74) is 6.02. The van der Waals surface area contributed by atoms with Crippen molar-refractivity contribution in [3.8, 4) is 17.2 Å². The Balaban J connectivity index is 1.92. The molecule has 0 aromatic heterocycles. The van der Waals surface area contributed by atoms with Gasteiger partial charge < -0.3 is 15.6 Å². The molecule has 0 spiro atoms. The van der Waals surface area contributed by atoms with E-state index in [9.17, 15) is 13.5 Å². The van der Waals surface area contributed by atoms with Gasteiger partial charge in [0.05, 0.1) is 10.0 Å². The van der Waals surface area contributed by atoms with Crippen molar-refractivity contribution in [2.75, 3.05) is 5.73 Å². The molecule has 1 aliphatic carbocycles. The summed E-state index contributed by atoms with van der Waals surface area (Å²) in [6, 6.07) is 6.72. The molecule has 0 unspecified atom stereocenters. The Hall–Kier alpha value is -1.67. The van der Waals surface area contributed by atoms with E-state index in [2.05, 4.69) is 4.72 Å². The van der Waals surface area contributed by atoms with E-state index in [4.69, 9.17) is 33.7 Å². The molecule has 0 atom stereocenters. The predicted molar refractivity (Wildman–Crippen MR) is 97.0 cm³/mol. The number of benzene rings is 2. The van der Waals surface area contributed by atoms with Crippen LogP contribution in [0.4, 0.5) is 5.69 Å². The third-order valence-electron chi connectivity index (χ3n) is 3.89. The fourth-order valence-corrected chi connectivity index (χ4v) is 4.37. The minimum absolute atomic E-state index is 0.102. The second-order valence-electron chi connectivity index (χ2n) is 5.79. The number of nitrogens with two attached hydrogens (primary N) is 1. The molecule has 0 radical (unpaired) electrons. The summed E-state index contributed by atoms with van der Waals surface area (Å²) in [6.07, 6.45) is 2.55. The van der Waals surface area contributed by atoms with Crippen LogP contribution in [0, 0.1) is 0 Å². The number of nitrogen functional groups attached to an aromatic ring is 1. The summed E-state index contributed by atoms with van der Waals surface area (Å²) in [7, 11) is -3.86. The molecule has 9 heteroatoms. The highest BCUT2D eigenvalue weighted by atomic mass is 35.5. The maximum atomic E-state index is 12.4. The van der Waals surface area contributed by atoms with Gasteiger partial charge in [0.1, 0.15) is 16.4 Å². The molecule has 1 aliphatic rings. The van der Waals surface area contributed by atoms with Crippen molar-refractivity contribution >= 4 is 38.9 Å². The minimum Gasteiger partial charge on any atom is -0.507 e. The van der Waals surface area contributed by atoms with Gasteiger partial charge in [-0.15, -0.1) is 0 Å². The molecule has 4 N–H and O–H groups in total. The molecule has 0 heterocycles. The molecule has 6 nitrogen and oxygen atoms in total. The first-order valence-electron chi connectivity index (χ1n) is 7.54. The molecule has 1 saturated carbocycles. The number of hydrogen-bond donors (Lipinski definition) is 3. The number of halogens is 2. The normalized spacial score (nSPS) is 15.0. The maximum Gasteiger partial charge on any atom is 0.244 e. The molecule has 2 aromatic carbocycles. The zero-order chi connectivity index (χ0) is 18.2. The van der Waals surface area contributed by atoms with E-state index in [1.807, 2.05) is 0 Å². The van der Waals surface area contributed by atoms with E-state index in [1.165, 1.54) is 30.3 Å². The monoisotopic (exact) mass is 402 g/mol. The zero-order valence-electron chi connectivity index (χ0n) is 13.0. The number of rotatable bonds is 5. The number of sulfonamides is 1. The van der Waals surface area contributed by atoms with E-state index in [1.54, 1.807) is 0 Å². The number of nitrogens with one attached hydrogen (secondary N) is 1. The molecule has 0 amide bonds. The first-order chi connectivity index (χ1) is 11.8. The van der Waals surface area contributed by atoms with Gasteiger partial charge in [-0.05, 0) is 37.1 Å². The zero-order valence-corrected chi connectivity index (χ0v) is 15.3. The molecule has 3 rings (SSSR count). The summed E-state index contributed by atoms with van der Waals surface area (Å²) in [6.45, 7) is 0. The highest BCUT2D eigenvalue weighted by Gasteiger charge is 2.27. The van der Waals surface area contributed by atoms with Crippen molar-refractivity contribution in [3.63, 3.8) is 0 Å². The van der Waals surface area contributed by atoms with E-state index in [0.717, 1.165) is 19.3 Å². The molecule has 0 bridgehead atoms. The number of anilines is 1. The summed E-state index contributed by atoms with van der Waals surface area (Å²) in [5, 5.41) is 10.3. The Morgan fingerprint density at radius 2 is 1.80 bits per heavy atom. The van der Waals surface area contributed by atoms with Crippen LogP contribution >= 0.6 is 23.2 Å². The van der Waals surface area contributed by atoms with E-state index in [-0.39, 0.29) is 38.2 Å². The molecule has 25 heavy (non-hydrogen) atoms. The van der Waals surface area contributed by atoms with Gasteiger partial charge in [0.25, 0.3) is 0 Å². The standard InChI is InChI=1S/C16H16Cl2N2O4S/c17-12-6-9(19)7-13(18)16(12)24-11-4-5-14(21)15(8-11)25(22,23)20-10-2-1-3-10/h4-8,10,20-21H,1-3,19H2. The lowest BCUT2D eigenvalue weighted by Crippen LogP contribution is -2.39. The second-order valence-corrected chi connectivity index (χ2v) is 8.29. The lowest BCUT2D eigenvalue weighted by Gasteiger charge is -2.26. The van der Waals surface area contributed by atoms with Crippen molar-refractivity contribution in [1.29, 1.82) is 0 Å². The Morgan fingerprint density at radius 3 is 2.36 bits per heavy atom. The topological polar surface area (TPSA) is 102 Å². The smallest absolute Gasteiger partial charge is 0.244 e. The van der Waals surface area contributed by atoms with Crippen LogP contribution in [-0.2, 0) is 10.0 Å². The van der Waals surface area contributed by atoms with Gasteiger partial charge >= 0.3 is 0 Å². The van der Waals surface area contributed by atoms with Gasteiger partial charge in [-0.1, -0.05) is 29.6 Å². The van der Waals surface area contributed by atoms with Gasteiger partial charge in [0.2, 0.25) is 10.0 Å². The van der Waals surface area contributed by atoms with E-state index < -0.39 is 10.0 Å². The Kier molecular flexibility index (Phi) is 5.02. The first kappa shape index (κ1) is 18.1. The third kappa shape index (κ3) is 3.95. The molecule has 0 aliphatic heterocycles. The largest absolute Gasteiger partial charge is 0.507 e. The Morgan fingerprint density at radius 1 is 1.16 bits per heavy atom. The van der Waals surface area contributed by atoms with Crippen molar-refractivity contribution < 1.29 is 18.3 Å². The third-order valence-corrected chi connectivity index (χ3v) is 6.00. The van der Waals surface area contributed by atoms with Gasteiger partial charge in [-0.3, -0.25) is 0 Å². The van der Waals surface area contributed by atoms with E-state index >= 15 is 0 Å². The van der Waals surface area contributed by atoms with E-state index in [0.29, 0.717) is 5.69 Å². The predicted octanol–water partition coefficient (Wildman–Crippen LogP) is 3.90. The highest BCUT2D eigenvalue weighted by molar-refractivity contribution is 7.89. The fourth-order valence-electron chi connectivity index (χ4n) is 2.38. The van der Waals surface area contributed by atoms with Crippen LogP contribution in [0.5, 0.6) is 17.2 Å².